The molecule has 204 valence electrons. The standard InChI is InChI=1S/C28H42N4O5/c1-19(2)31-22-8-6-7-9-23(22)32(27(31)35)26(34)29-17-20-10-13-30(14-11-20)18-37-25(33)21-12-15-36-24(16-21)28(3,4)5/h6-9,19-21,24H,10-18H2,1-5H3,(H,29,34). The Kier molecular flexibility index (Phi) is 8.43. The summed E-state index contributed by atoms with van der Waals surface area (Å²) in [5.41, 5.74) is 1.07. The maximum Gasteiger partial charge on any atom is 0.337 e. The summed E-state index contributed by atoms with van der Waals surface area (Å²) in [5, 5.41) is 2.97. The fourth-order valence-electron chi connectivity index (χ4n) is 5.38. The number of piperidine rings is 1. The van der Waals surface area contributed by atoms with Crippen molar-refractivity contribution in [3.8, 4) is 0 Å². The number of hydrogen-bond acceptors (Lipinski definition) is 6. The third-order valence-electron chi connectivity index (χ3n) is 7.72. The molecular weight excluding hydrogens is 472 g/mol. The number of carbonyl (C=O) groups excluding carboxylic acids is 2. The Hall–Kier alpha value is -2.65. The molecule has 9 nitrogen and oxygen atoms in total. The van der Waals surface area contributed by atoms with E-state index in [0.29, 0.717) is 44.2 Å². The third-order valence-corrected chi connectivity index (χ3v) is 7.72. The Morgan fingerprint density at radius 2 is 1.78 bits per heavy atom. The van der Waals surface area contributed by atoms with Crippen LogP contribution in [0, 0.1) is 17.3 Å². The second kappa shape index (κ2) is 11.4. The predicted octanol–water partition coefficient (Wildman–Crippen LogP) is 4.00. The highest BCUT2D eigenvalue weighted by Crippen LogP contribution is 2.33. The van der Waals surface area contributed by atoms with Crippen LogP contribution >= 0.6 is 0 Å². The van der Waals surface area contributed by atoms with Gasteiger partial charge in [-0.1, -0.05) is 32.9 Å². The average Bonchev–Trinajstić information content (AvgIpc) is 3.18. The van der Waals surface area contributed by atoms with Crippen molar-refractivity contribution in [3.63, 3.8) is 0 Å². The summed E-state index contributed by atoms with van der Waals surface area (Å²) in [5.74, 6) is 0.0850. The molecular formula is C28H42N4O5. The molecule has 2 fully saturated rings. The van der Waals surface area contributed by atoms with Crippen molar-refractivity contribution in [1.29, 1.82) is 0 Å². The summed E-state index contributed by atoms with van der Waals surface area (Å²) < 4.78 is 14.4. The molecule has 4 rings (SSSR count). The number of esters is 1. The first-order chi connectivity index (χ1) is 17.6. The van der Waals surface area contributed by atoms with Crippen LogP contribution in [0.4, 0.5) is 4.79 Å². The smallest absolute Gasteiger partial charge is 0.337 e. The first-order valence-corrected chi connectivity index (χ1v) is 13.6. The highest BCUT2D eigenvalue weighted by Gasteiger charge is 2.35. The van der Waals surface area contributed by atoms with E-state index in [0.717, 1.165) is 31.4 Å². The molecule has 2 unspecified atom stereocenters. The molecule has 37 heavy (non-hydrogen) atoms. The molecule has 3 heterocycles. The van der Waals surface area contributed by atoms with Gasteiger partial charge in [-0.25, -0.2) is 14.2 Å². The van der Waals surface area contributed by atoms with E-state index in [1.807, 2.05) is 32.0 Å². The van der Waals surface area contributed by atoms with Crippen LogP contribution in [-0.2, 0) is 14.3 Å². The second-order valence-electron chi connectivity index (χ2n) is 11.9. The Bertz CT molecular complexity index is 1150. The van der Waals surface area contributed by atoms with E-state index < -0.39 is 0 Å². The monoisotopic (exact) mass is 514 g/mol. The number of para-hydroxylation sites is 2. The molecule has 2 aliphatic heterocycles. The molecule has 9 heteroatoms. The van der Waals surface area contributed by atoms with Crippen LogP contribution in [0.25, 0.3) is 11.0 Å². The SMILES string of the molecule is CC(C)n1c(=O)n(C(=O)NCC2CCN(COC(=O)C3CCOC(C(C)(C)C)C3)CC2)c2ccccc21. The van der Waals surface area contributed by atoms with Crippen LogP contribution in [0.5, 0.6) is 0 Å². The molecule has 2 aliphatic rings. The lowest BCUT2D eigenvalue weighted by Crippen LogP contribution is -2.43. The van der Waals surface area contributed by atoms with Crippen LogP contribution in [0.1, 0.15) is 66.3 Å². The largest absolute Gasteiger partial charge is 0.449 e. The predicted molar refractivity (Wildman–Crippen MR) is 143 cm³/mol. The molecule has 0 radical (unpaired) electrons. The minimum atomic E-state index is -0.387. The van der Waals surface area contributed by atoms with Gasteiger partial charge in [0.25, 0.3) is 0 Å². The van der Waals surface area contributed by atoms with Crippen LogP contribution < -0.4 is 11.0 Å². The maximum absolute atomic E-state index is 13.0. The molecule has 0 bridgehead atoms. The minimum absolute atomic E-state index is 0.00943. The molecule has 0 spiro atoms. The van der Waals surface area contributed by atoms with Gasteiger partial charge >= 0.3 is 17.7 Å². The van der Waals surface area contributed by atoms with Crippen molar-refractivity contribution < 1.29 is 19.1 Å². The lowest BCUT2D eigenvalue weighted by molar-refractivity contribution is -0.161. The van der Waals surface area contributed by atoms with Gasteiger partial charge in [-0.2, -0.15) is 0 Å². The summed E-state index contributed by atoms with van der Waals surface area (Å²) in [6, 6.07) is 6.95. The van der Waals surface area contributed by atoms with E-state index >= 15 is 0 Å². The second-order valence-corrected chi connectivity index (χ2v) is 11.9. The molecule has 0 aliphatic carbocycles. The van der Waals surface area contributed by atoms with Crippen molar-refractivity contribution >= 4 is 23.0 Å². The Morgan fingerprint density at radius 1 is 1.11 bits per heavy atom. The zero-order valence-electron chi connectivity index (χ0n) is 22.9. The zero-order valence-corrected chi connectivity index (χ0v) is 22.9. The first kappa shape index (κ1) is 27.4. The third kappa shape index (κ3) is 6.26. The quantitative estimate of drug-likeness (QED) is 0.586. The number of aromatic nitrogens is 2. The van der Waals surface area contributed by atoms with Crippen molar-refractivity contribution in [1.82, 2.24) is 19.4 Å². The number of fused-ring (bicyclic) bond motifs is 1. The number of hydrogen-bond donors (Lipinski definition) is 1. The molecule has 0 saturated carbocycles. The maximum atomic E-state index is 13.0. The normalized spacial score (nSPS) is 21.9. The van der Waals surface area contributed by atoms with Gasteiger partial charge in [-0.3, -0.25) is 14.3 Å². The van der Waals surface area contributed by atoms with Gasteiger partial charge in [-0.05, 0) is 63.0 Å². The van der Waals surface area contributed by atoms with Crippen molar-refractivity contribution in [2.45, 2.75) is 72.4 Å². The van der Waals surface area contributed by atoms with Crippen molar-refractivity contribution in [3.05, 3.63) is 34.7 Å². The number of benzene rings is 1. The fourth-order valence-corrected chi connectivity index (χ4v) is 5.38. The molecule has 1 aromatic carbocycles. The highest BCUT2D eigenvalue weighted by molar-refractivity contribution is 5.89. The number of nitrogens with one attached hydrogen (secondary N) is 1. The van der Waals surface area contributed by atoms with E-state index in [-0.39, 0.29) is 41.2 Å². The topological polar surface area (TPSA) is 94.8 Å². The molecule has 1 amide bonds. The molecule has 1 aromatic heterocycles. The Balaban J connectivity index is 1.24. The van der Waals surface area contributed by atoms with Gasteiger partial charge in [0, 0.05) is 32.3 Å². The van der Waals surface area contributed by atoms with E-state index in [1.54, 1.807) is 10.6 Å². The van der Waals surface area contributed by atoms with E-state index in [2.05, 4.69) is 31.0 Å². The van der Waals surface area contributed by atoms with Crippen LogP contribution in [0.3, 0.4) is 0 Å². The number of nitrogens with zero attached hydrogens (tertiary/aromatic N) is 3. The summed E-state index contributed by atoms with van der Waals surface area (Å²) in [6.07, 6.45) is 3.28. The molecule has 2 aromatic rings. The van der Waals surface area contributed by atoms with Crippen LogP contribution in [-0.4, -0.2) is 65.1 Å². The van der Waals surface area contributed by atoms with Gasteiger partial charge in [0.05, 0.1) is 23.1 Å². The number of likely N-dealkylation sites (tertiary alicyclic amines) is 1. The van der Waals surface area contributed by atoms with E-state index in [1.165, 1.54) is 4.57 Å². The Labute approximate surface area is 219 Å². The van der Waals surface area contributed by atoms with Gasteiger partial charge in [-0.15, -0.1) is 0 Å². The van der Waals surface area contributed by atoms with Gasteiger partial charge in [0.1, 0.15) is 6.73 Å². The number of rotatable bonds is 6. The Morgan fingerprint density at radius 3 is 2.43 bits per heavy atom. The zero-order chi connectivity index (χ0) is 26.7. The summed E-state index contributed by atoms with van der Waals surface area (Å²) in [7, 11) is 0. The van der Waals surface area contributed by atoms with Gasteiger partial charge in [0.15, 0.2) is 0 Å². The summed E-state index contributed by atoms with van der Waals surface area (Å²) in [6.45, 7) is 13.3. The summed E-state index contributed by atoms with van der Waals surface area (Å²) in [4.78, 5) is 40.8. The van der Waals surface area contributed by atoms with Crippen LogP contribution in [0.2, 0.25) is 0 Å². The number of imidazole rings is 1. The molecule has 2 atom stereocenters. The number of carbonyl (C=O) groups is 2. The van der Waals surface area contributed by atoms with E-state index in [4.69, 9.17) is 9.47 Å². The van der Waals surface area contributed by atoms with Gasteiger partial charge in [0.2, 0.25) is 0 Å². The van der Waals surface area contributed by atoms with Crippen molar-refractivity contribution in [2.24, 2.45) is 17.3 Å². The highest BCUT2D eigenvalue weighted by atomic mass is 16.5. The number of amides is 1. The van der Waals surface area contributed by atoms with Gasteiger partial charge < -0.3 is 14.8 Å². The van der Waals surface area contributed by atoms with Crippen molar-refractivity contribution in [2.75, 3.05) is 33.0 Å². The first-order valence-electron chi connectivity index (χ1n) is 13.6. The number of ether oxygens (including phenoxy) is 2. The molecule has 2 saturated heterocycles. The van der Waals surface area contributed by atoms with E-state index in [9.17, 15) is 14.4 Å². The lowest BCUT2D eigenvalue weighted by Gasteiger charge is -2.37. The summed E-state index contributed by atoms with van der Waals surface area (Å²) >= 11 is 0. The fraction of sp³-hybridized carbons (Fsp3) is 0.679. The minimum Gasteiger partial charge on any atom is -0.449 e. The average molecular weight is 515 g/mol. The van der Waals surface area contributed by atoms with Crippen LogP contribution in [0.15, 0.2) is 29.1 Å². The molecule has 1 N–H and O–H groups in total. The lowest BCUT2D eigenvalue weighted by atomic mass is 9.81.